The molecule has 3 N–H and O–H groups in total. The number of carboxylic acid groups (broad SMARTS) is 1. The van der Waals surface area contributed by atoms with Crippen LogP contribution in [-0.4, -0.2) is 52.2 Å². The molecule has 11 heavy (non-hydrogen) atoms. The Morgan fingerprint density at radius 2 is 2.18 bits per heavy atom. The van der Waals surface area contributed by atoms with E-state index in [1.54, 1.807) is 11.8 Å². The summed E-state index contributed by atoms with van der Waals surface area (Å²) in [6.07, 6.45) is 2.48. The Hall–Kier alpha value is 1.07. The molecule has 0 aromatic rings. The van der Waals surface area contributed by atoms with Crippen molar-refractivity contribution >= 4 is 40.8 Å². The summed E-state index contributed by atoms with van der Waals surface area (Å²) < 4.78 is 0. The van der Waals surface area contributed by atoms with E-state index in [2.05, 4.69) is 0 Å². The van der Waals surface area contributed by atoms with Gasteiger partial charge in [-0.2, -0.15) is 11.8 Å². The number of carbonyl (C=O) groups is 1. The first kappa shape index (κ1) is 18.0. The second-order valence-corrected chi connectivity index (χ2v) is 2.71. The molecule has 1 atom stereocenters. The van der Waals surface area contributed by atoms with Gasteiger partial charge in [-0.3, -0.25) is 4.79 Å². The molecule has 0 bridgehead atoms. The molecular formula is C5H13MgMnNO2S. The van der Waals surface area contributed by atoms with Crippen molar-refractivity contribution in [3.8, 4) is 0 Å². The Morgan fingerprint density at radius 3 is 2.45 bits per heavy atom. The molecule has 65 valence electrons. The third-order valence-corrected chi connectivity index (χ3v) is 1.59. The number of hydrogen-bond acceptors (Lipinski definition) is 3. The SMILES string of the molecule is CSCC[C@H](N)C(=O)O.[MgH2].[Mn]. The van der Waals surface area contributed by atoms with Crippen molar-refractivity contribution in [1.82, 2.24) is 0 Å². The molecule has 1 radical (unpaired) electrons. The summed E-state index contributed by atoms with van der Waals surface area (Å²) in [5.74, 6) is -0.1000. The van der Waals surface area contributed by atoms with E-state index in [-0.39, 0.29) is 40.1 Å². The summed E-state index contributed by atoms with van der Waals surface area (Å²) in [6, 6.07) is -0.683. The molecule has 0 aliphatic carbocycles. The summed E-state index contributed by atoms with van der Waals surface area (Å²) in [6.45, 7) is 0. The Kier molecular flexibility index (Phi) is 18.1. The number of rotatable bonds is 4. The molecule has 0 amide bonds. The van der Waals surface area contributed by atoms with E-state index in [1.165, 1.54) is 0 Å². The van der Waals surface area contributed by atoms with E-state index in [1.807, 2.05) is 6.26 Å². The van der Waals surface area contributed by atoms with Gasteiger partial charge in [0.15, 0.2) is 0 Å². The van der Waals surface area contributed by atoms with Gasteiger partial charge in [-0.1, -0.05) is 0 Å². The van der Waals surface area contributed by atoms with E-state index in [0.29, 0.717) is 6.42 Å². The van der Waals surface area contributed by atoms with Crippen LogP contribution in [0.1, 0.15) is 6.42 Å². The summed E-state index contributed by atoms with van der Waals surface area (Å²) in [5, 5.41) is 8.27. The van der Waals surface area contributed by atoms with E-state index in [9.17, 15) is 4.79 Å². The number of thioether (sulfide) groups is 1. The number of hydrogen-bond donors (Lipinski definition) is 2. The topological polar surface area (TPSA) is 63.3 Å². The van der Waals surface area contributed by atoms with Crippen LogP contribution < -0.4 is 5.73 Å². The van der Waals surface area contributed by atoms with Crippen molar-refractivity contribution < 1.29 is 27.0 Å². The standard InChI is InChI=1S/C5H11NO2S.Mg.Mn.2H/c1-9-3-2-4(6)5(7)8;;;;/h4H,2-3,6H2,1H3,(H,7,8);;;;/t4-;;;;/m0..../s1. The van der Waals surface area contributed by atoms with Gasteiger partial charge >= 0.3 is 29.0 Å². The molecule has 0 unspecified atom stereocenters. The largest absolute Gasteiger partial charge is 0.480 e. The molecule has 0 saturated carbocycles. The zero-order valence-corrected chi connectivity index (χ0v) is 7.71. The van der Waals surface area contributed by atoms with E-state index < -0.39 is 12.0 Å². The maximum atomic E-state index is 10.1. The van der Waals surface area contributed by atoms with E-state index in [0.717, 1.165) is 5.75 Å². The molecule has 0 heterocycles. The van der Waals surface area contributed by atoms with E-state index >= 15 is 0 Å². The van der Waals surface area contributed by atoms with Crippen LogP contribution in [0.25, 0.3) is 0 Å². The summed E-state index contributed by atoms with van der Waals surface area (Å²) in [4.78, 5) is 10.1. The fraction of sp³-hybridized carbons (Fsp3) is 0.800. The van der Waals surface area contributed by atoms with Gasteiger partial charge in [0.2, 0.25) is 0 Å². The summed E-state index contributed by atoms with van der Waals surface area (Å²) >= 11 is 1.60. The molecule has 0 aliphatic rings. The molecule has 0 aliphatic heterocycles. The molecule has 3 nitrogen and oxygen atoms in total. The minimum Gasteiger partial charge on any atom is -0.480 e. The number of aliphatic carboxylic acids is 1. The van der Waals surface area contributed by atoms with Gasteiger partial charge in [0.05, 0.1) is 0 Å². The molecule has 6 heteroatoms. The van der Waals surface area contributed by atoms with Crippen LogP contribution in [0.3, 0.4) is 0 Å². The van der Waals surface area contributed by atoms with Gasteiger partial charge < -0.3 is 10.8 Å². The Balaban J connectivity index is -0.000000320. The minimum absolute atomic E-state index is 0. The quantitative estimate of drug-likeness (QED) is 0.623. The van der Waals surface area contributed by atoms with Crippen LogP contribution in [0.4, 0.5) is 0 Å². The zero-order valence-electron chi connectivity index (χ0n) is 5.71. The molecule has 0 rings (SSSR count). The maximum Gasteiger partial charge on any atom is 0.320 e. The maximum absolute atomic E-state index is 10.1. The fourth-order valence-electron chi connectivity index (χ4n) is 0.368. The first-order chi connectivity index (χ1) is 4.18. The van der Waals surface area contributed by atoms with Gasteiger partial charge in [0, 0.05) is 17.1 Å². The smallest absolute Gasteiger partial charge is 0.320 e. The zero-order chi connectivity index (χ0) is 7.28. The monoisotopic (exact) mass is 230 g/mol. The van der Waals surface area contributed by atoms with Gasteiger partial charge in [-0.25, -0.2) is 0 Å². The van der Waals surface area contributed by atoms with Crippen LogP contribution in [0.15, 0.2) is 0 Å². The van der Waals surface area contributed by atoms with Crippen LogP contribution in [0.5, 0.6) is 0 Å². The van der Waals surface area contributed by atoms with Crippen molar-refractivity contribution in [1.29, 1.82) is 0 Å². The van der Waals surface area contributed by atoms with Crippen LogP contribution in [0.2, 0.25) is 0 Å². The molecule has 0 fully saturated rings. The number of nitrogens with two attached hydrogens (primary N) is 1. The first-order valence-corrected chi connectivity index (χ1v) is 4.05. The molecular weight excluding hydrogens is 217 g/mol. The van der Waals surface area contributed by atoms with Crippen molar-refractivity contribution in [2.24, 2.45) is 5.73 Å². The van der Waals surface area contributed by atoms with Gasteiger partial charge in [-0.15, -0.1) is 0 Å². The third kappa shape index (κ3) is 11.1. The summed E-state index contributed by atoms with van der Waals surface area (Å²) in [5.41, 5.74) is 5.19. The molecule has 0 saturated heterocycles. The predicted molar refractivity (Wildman–Crippen MR) is 47.2 cm³/mol. The van der Waals surface area contributed by atoms with Crippen molar-refractivity contribution in [3.63, 3.8) is 0 Å². The second kappa shape index (κ2) is 11.1. The van der Waals surface area contributed by atoms with Gasteiger partial charge in [0.1, 0.15) is 6.04 Å². The van der Waals surface area contributed by atoms with Crippen LogP contribution in [-0.2, 0) is 21.9 Å². The van der Waals surface area contributed by atoms with Crippen molar-refractivity contribution in [2.45, 2.75) is 12.5 Å². The normalized spacial score (nSPS) is 10.7. The number of carboxylic acids is 1. The fourth-order valence-corrected chi connectivity index (χ4v) is 0.858. The van der Waals surface area contributed by atoms with Gasteiger partial charge in [0.25, 0.3) is 0 Å². The van der Waals surface area contributed by atoms with Crippen LogP contribution >= 0.6 is 11.8 Å². The molecule has 0 aromatic heterocycles. The van der Waals surface area contributed by atoms with Crippen molar-refractivity contribution in [2.75, 3.05) is 12.0 Å². The predicted octanol–water partition coefficient (Wildman–Crippen LogP) is -0.767. The van der Waals surface area contributed by atoms with E-state index in [4.69, 9.17) is 10.8 Å². The Bertz CT molecular complexity index is 106. The second-order valence-electron chi connectivity index (χ2n) is 1.73. The summed E-state index contributed by atoms with van der Waals surface area (Å²) in [7, 11) is 0. The van der Waals surface area contributed by atoms with Crippen molar-refractivity contribution in [3.05, 3.63) is 0 Å². The Labute approximate surface area is 97.5 Å². The molecule has 0 spiro atoms. The molecule has 0 aromatic carbocycles. The first-order valence-electron chi connectivity index (χ1n) is 2.65. The average Bonchev–Trinajstić information content (AvgIpc) is 1.82. The van der Waals surface area contributed by atoms with Crippen LogP contribution in [0, 0.1) is 0 Å². The van der Waals surface area contributed by atoms with Gasteiger partial charge in [-0.05, 0) is 18.4 Å². The third-order valence-electron chi connectivity index (χ3n) is 0.950. The average molecular weight is 230 g/mol. The minimum atomic E-state index is -0.913. The Morgan fingerprint density at radius 1 is 1.73 bits per heavy atom.